The Kier molecular flexibility index (Phi) is 5.32. The van der Waals surface area contributed by atoms with Gasteiger partial charge in [-0.05, 0) is 25.0 Å². The summed E-state index contributed by atoms with van der Waals surface area (Å²) < 4.78 is 5.16. The predicted octanol–water partition coefficient (Wildman–Crippen LogP) is 3.20. The molecular weight excluding hydrogens is 306 g/mol. The molecule has 0 radical (unpaired) electrons. The van der Waals surface area contributed by atoms with Gasteiger partial charge in [-0.3, -0.25) is 0 Å². The summed E-state index contributed by atoms with van der Waals surface area (Å²) in [6, 6.07) is 2.50. The van der Waals surface area contributed by atoms with Crippen LogP contribution in [0.4, 0.5) is 10.5 Å². The largest absolute Gasteiger partial charge is 0.337 e. The second-order valence-electron chi connectivity index (χ2n) is 5.31. The SMILES string of the molecule is CC(C)Cc1noc([C@H](C)NC(=O)Nc2cccnc2Cl)n1. The maximum absolute atomic E-state index is 11.9. The topological polar surface area (TPSA) is 92.9 Å². The van der Waals surface area contributed by atoms with Crippen molar-refractivity contribution in [2.75, 3.05) is 5.32 Å². The van der Waals surface area contributed by atoms with Crippen molar-refractivity contribution in [2.24, 2.45) is 5.92 Å². The third-order valence-electron chi connectivity index (χ3n) is 2.80. The molecule has 0 saturated carbocycles. The molecule has 2 N–H and O–H groups in total. The average Bonchev–Trinajstić information content (AvgIpc) is 2.89. The van der Waals surface area contributed by atoms with E-state index in [2.05, 4.69) is 39.6 Å². The highest BCUT2D eigenvalue weighted by Gasteiger charge is 2.17. The van der Waals surface area contributed by atoms with Crippen LogP contribution in [0.25, 0.3) is 0 Å². The molecule has 0 bridgehead atoms. The van der Waals surface area contributed by atoms with Crippen LogP contribution >= 0.6 is 11.6 Å². The lowest BCUT2D eigenvalue weighted by atomic mass is 10.1. The Balaban J connectivity index is 1.93. The summed E-state index contributed by atoms with van der Waals surface area (Å²) >= 11 is 5.88. The highest BCUT2D eigenvalue weighted by Crippen LogP contribution is 2.18. The van der Waals surface area contributed by atoms with E-state index in [-0.39, 0.29) is 5.15 Å². The molecular formula is C14H18ClN5O2. The van der Waals surface area contributed by atoms with Crippen LogP contribution in [-0.2, 0) is 6.42 Å². The number of aromatic nitrogens is 3. The number of amides is 2. The van der Waals surface area contributed by atoms with Crippen LogP contribution in [0.15, 0.2) is 22.9 Å². The van der Waals surface area contributed by atoms with E-state index < -0.39 is 12.1 Å². The zero-order valence-corrected chi connectivity index (χ0v) is 13.4. The van der Waals surface area contributed by atoms with Gasteiger partial charge in [-0.2, -0.15) is 4.98 Å². The number of carbonyl (C=O) groups is 1. The van der Waals surface area contributed by atoms with E-state index in [1.54, 1.807) is 25.3 Å². The van der Waals surface area contributed by atoms with Crippen molar-refractivity contribution < 1.29 is 9.32 Å². The van der Waals surface area contributed by atoms with E-state index in [1.165, 1.54) is 0 Å². The van der Waals surface area contributed by atoms with Crippen molar-refractivity contribution >= 4 is 23.3 Å². The molecule has 22 heavy (non-hydrogen) atoms. The summed E-state index contributed by atoms with van der Waals surface area (Å²) in [5, 5.41) is 9.44. The average molecular weight is 324 g/mol. The highest BCUT2D eigenvalue weighted by molar-refractivity contribution is 6.32. The van der Waals surface area contributed by atoms with Gasteiger partial charge in [0.1, 0.15) is 6.04 Å². The first-order chi connectivity index (χ1) is 10.5. The summed E-state index contributed by atoms with van der Waals surface area (Å²) in [5.74, 6) is 1.43. The molecule has 0 unspecified atom stereocenters. The van der Waals surface area contributed by atoms with Gasteiger partial charge < -0.3 is 15.2 Å². The quantitative estimate of drug-likeness (QED) is 0.824. The van der Waals surface area contributed by atoms with Crippen molar-refractivity contribution in [3.63, 3.8) is 0 Å². The van der Waals surface area contributed by atoms with Crippen molar-refractivity contribution in [3.8, 4) is 0 Å². The first kappa shape index (κ1) is 16.2. The molecule has 0 saturated heterocycles. The Hall–Kier alpha value is -2.15. The number of nitrogens with one attached hydrogen (secondary N) is 2. The number of urea groups is 1. The molecule has 0 aliphatic heterocycles. The van der Waals surface area contributed by atoms with Gasteiger partial charge in [0.05, 0.1) is 5.69 Å². The maximum Gasteiger partial charge on any atom is 0.319 e. The van der Waals surface area contributed by atoms with Gasteiger partial charge in [0.25, 0.3) is 0 Å². The Morgan fingerprint density at radius 1 is 1.41 bits per heavy atom. The molecule has 8 heteroatoms. The summed E-state index contributed by atoms with van der Waals surface area (Å²) in [7, 11) is 0. The minimum Gasteiger partial charge on any atom is -0.337 e. The molecule has 1 atom stereocenters. The molecule has 0 aliphatic carbocycles. The van der Waals surface area contributed by atoms with Crippen molar-refractivity contribution in [1.82, 2.24) is 20.4 Å². The molecule has 2 aromatic heterocycles. The number of carbonyl (C=O) groups excluding carboxylic acids is 1. The van der Waals surface area contributed by atoms with Crippen LogP contribution in [0.1, 0.15) is 38.5 Å². The number of anilines is 1. The summed E-state index contributed by atoms with van der Waals surface area (Å²) in [6.45, 7) is 5.91. The third kappa shape index (κ3) is 4.42. The smallest absolute Gasteiger partial charge is 0.319 e. The lowest BCUT2D eigenvalue weighted by Crippen LogP contribution is -2.31. The van der Waals surface area contributed by atoms with Crippen LogP contribution in [0.5, 0.6) is 0 Å². The molecule has 118 valence electrons. The van der Waals surface area contributed by atoms with Crippen LogP contribution in [0.3, 0.4) is 0 Å². The Morgan fingerprint density at radius 2 is 2.18 bits per heavy atom. The maximum atomic E-state index is 11.9. The van der Waals surface area contributed by atoms with Crippen molar-refractivity contribution in [2.45, 2.75) is 33.2 Å². The molecule has 0 fully saturated rings. The number of rotatable bonds is 5. The number of hydrogen-bond donors (Lipinski definition) is 2. The number of halogens is 1. The van der Waals surface area contributed by atoms with Gasteiger partial charge in [-0.15, -0.1) is 0 Å². The Labute approximate surface area is 133 Å². The van der Waals surface area contributed by atoms with Crippen molar-refractivity contribution in [3.05, 3.63) is 35.2 Å². The minimum atomic E-state index is -0.425. The molecule has 0 spiro atoms. The van der Waals surface area contributed by atoms with E-state index >= 15 is 0 Å². The van der Waals surface area contributed by atoms with E-state index in [1.807, 2.05) is 0 Å². The van der Waals surface area contributed by atoms with Crippen LogP contribution in [-0.4, -0.2) is 21.2 Å². The summed E-state index contributed by atoms with van der Waals surface area (Å²) in [6.07, 6.45) is 2.27. The fourth-order valence-corrected chi connectivity index (χ4v) is 1.95. The molecule has 2 rings (SSSR count). The Morgan fingerprint density at radius 3 is 2.86 bits per heavy atom. The molecule has 2 amide bonds. The molecule has 0 aliphatic rings. The normalized spacial score (nSPS) is 12.2. The predicted molar refractivity (Wildman–Crippen MR) is 82.7 cm³/mol. The van der Waals surface area contributed by atoms with E-state index in [0.29, 0.717) is 23.3 Å². The van der Waals surface area contributed by atoms with Gasteiger partial charge in [0.15, 0.2) is 11.0 Å². The first-order valence-electron chi connectivity index (χ1n) is 6.96. The first-order valence-corrected chi connectivity index (χ1v) is 7.34. The Bertz CT molecular complexity index is 644. The third-order valence-corrected chi connectivity index (χ3v) is 3.10. The lowest BCUT2D eigenvalue weighted by Gasteiger charge is -2.11. The standard InChI is InChI=1S/C14H18ClN5O2/c1-8(2)7-11-19-13(22-20-11)9(3)17-14(21)18-10-5-4-6-16-12(10)15/h4-6,8-9H,7H2,1-3H3,(H2,17,18,21)/t9-/m0/s1. The minimum absolute atomic E-state index is 0.224. The van der Waals surface area contributed by atoms with Crippen LogP contribution < -0.4 is 10.6 Å². The monoisotopic (exact) mass is 323 g/mol. The van der Waals surface area contributed by atoms with Gasteiger partial charge >= 0.3 is 6.03 Å². The second kappa shape index (κ2) is 7.22. The number of hydrogen-bond acceptors (Lipinski definition) is 5. The van der Waals surface area contributed by atoms with Crippen LogP contribution in [0.2, 0.25) is 5.15 Å². The lowest BCUT2D eigenvalue weighted by molar-refractivity contribution is 0.245. The highest BCUT2D eigenvalue weighted by atomic mass is 35.5. The summed E-state index contributed by atoms with van der Waals surface area (Å²) in [5.41, 5.74) is 0.430. The fraction of sp³-hybridized carbons (Fsp3) is 0.429. The zero-order chi connectivity index (χ0) is 16.1. The molecule has 2 heterocycles. The van der Waals surface area contributed by atoms with E-state index in [0.717, 1.165) is 6.42 Å². The van der Waals surface area contributed by atoms with Gasteiger partial charge in [0, 0.05) is 12.6 Å². The van der Waals surface area contributed by atoms with E-state index in [9.17, 15) is 4.79 Å². The second-order valence-corrected chi connectivity index (χ2v) is 5.67. The van der Waals surface area contributed by atoms with Crippen molar-refractivity contribution in [1.29, 1.82) is 0 Å². The van der Waals surface area contributed by atoms with Gasteiger partial charge in [0.2, 0.25) is 5.89 Å². The van der Waals surface area contributed by atoms with Gasteiger partial charge in [-0.1, -0.05) is 30.6 Å². The van der Waals surface area contributed by atoms with Crippen LogP contribution in [0, 0.1) is 5.92 Å². The molecule has 7 nitrogen and oxygen atoms in total. The molecule has 0 aromatic carbocycles. The van der Waals surface area contributed by atoms with Gasteiger partial charge in [-0.25, -0.2) is 9.78 Å². The fourth-order valence-electron chi connectivity index (χ4n) is 1.79. The number of nitrogens with zero attached hydrogens (tertiary/aromatic N) is 3. The van der Waals surface area contributed by atoms with E-state index in [4.69, 9.17) is 16.1 Å². The zero-order valence-electron chi connectivity index (χ0n) is 12.6. The summed E-state index contributed by atoms with van der Waals surface area (Å²) in [4.78, 5) is 20.1. The molecule has 2 aromatic rings. The number of pyridine rings is 1.